The van der Waals surface area contributed by atoms with E-state index in [1.165, 1.54) is 6.42 Å². The minimum atomic E-state index is -0.290. The number of carbonyl (C=O) groups is 1. The molecule has 1 heterocycles. The van der Waals surface area contributed by atoms with Gasteiger partial charge in [0, 0.05) is 17.0 Å². The normalized spacial score (nSPS) is 17.9. The highest BCUT2D eigenvalue weighted by molar-refractivity contribution is 6.33. The molecule has 2 aromatic rings. The van der Waals surface area contributed by atoms with Crippen molar-refractivity contribution in [2.75, 3.05) is 0 Å². The molecule has 1 fully saturated rings. The highest BCUT2D eigenvalue weighted by Crippen LogP contribution is 2.35. The number of benzene rings is 1. The first kappa shape index (κ1) is 15.7. The van der Waals surface area contributed by atoms with Crippen LogP contribution in [0.1, 0.15) is 49.7 Å². The van der Waals surface area contributed by atoms with Crippen molar-refractivity contribution in [1.29, 1.82) is 0 Å². The van der Waals surface area contributed by atoms with Crippen LogP contribution in [0.3, 0.4) is 0 Å². The van der Waals surface area contributed by atoms with E-state index in [1.807, 2.05) is 0 Å². The lowest BCUT2D eigenvalue weighted by molar-refractivity contribution is -0.139. The molecule has 0 N–H and O–H groups in total. The fraction of sp³-hybridized carbons (Fsp3) is 0.474. The van der Waals surface area contributed by atoms with Crippen molar-refractivity contribution in [2.45, 2.75) is 51.4 Å². The molecule has 0 bridgehead atoms. The first-order chi connectivity index (χ1) is 11.6. The van der Waals surface area contributed by atoms with Crippen LogP contribution in [0.15, 0.2) is 21.3 Å². The lowest BCUT2D eigenvalue weighted by atomic mass is 9.89. The second-order valence-corrected chi connectivity index (χ2v) is 7.14. The SMILES string of the molecule is O=C(Oc1cc2oc(=O)c3c(c2cc1Cl)CCC3)C1CCCCC1. The van der Waals surface area contributed by atoms with Crippen molar-refractivity contribution in [2.24, 2.45) is 5.92 Å². The van der Waals surface area contributed by atoms with Gasteiger partial charge in [0.25, 0.3) is 0 Å². The summed E-state index contributed by atoms with van der Waals surface area (Å²) in [7, 11) is 0. The van der Waals surface area contributed by atoms with Crippen LogP contribution in [-0.4, -0.2) is 5.97 Å². The molecule has 1 aromatic carbocycles. The van der Waals surface area contributed by atoms with Gasteiger partial charge in [0.1, 0.15) is 5.58 Å². The van der Waals surface area contributed by atoms with E-state index in [0.717, 1.165) is 61.5 Å². The highest BCUT2D eigenvalue weighted by Gasteiger charge is 2.25. The molecular weight excluding hydrogens is 328 g/mol. The topological polar surface area (TPSA) is 56.5 Å². The van der Waals surface area contributed by atoms with Crippen molar-refractivity contribution in [3.63, 3.8) is 0 Å². The molecule has 0 atom stereocenters. The molecule has 1 aromatic heterocycles. The van der Waals surface area contributed by atoms with Gasteiger partial charge >= 0.3 is 11.6 Å². The summed E-state index contributed by atoms with van der Waals surface area (Å²) in [6.07, 6.45) is 7.60. The van der Waals surface area contributed by atoms with Crippen LogP contribution in [0.5, 0.6) is 5.75 Å². The predicted molar refractivity (Wildman–Crippen MR) is 91.7 cm³/mol. The Morgan fingerprint density at radius 3 is 2.62 bits per heavy atom. The Morgan fingerprint density at radius 2 is 1.83 bits per heavy atom. The zero-order valence-corrected chi connectivity index (χ0v) is 14.2. The van der Waals surface area contributed by atoms with Crippen molar-refractivity contribution >= 4 is 28.5 Å². The Bertz CT molecular complexity index is 862. The van der Waals surface area contributed by atoms with Crippen LogP contribution in [0.2, 0.25) is 5.02 Å². The third-order valence-electron chi connectivity index (χ3n) is 5.18. The van der Waals surface area contributed by atoms with Gasteiger partial charge in [-0.05, 0) is 43.7 Å². The summed E-state index contributed by atoms with van der Waals surface area (Å²) in [5, 5.41) is 1.24. The highest BCUT2D eigenvalue weighted by atomic mass is 35.5. The van der Waals surface area contributed by atoms with Crippen LogP contribution >= 0.6 is 11.6 Å². The van der Waals surface area contributed by atoms with E-state index >= 15 is 0 Å². The van der Waals surface area contributed by atoms with Crippen molar-refractivity contribution in [3.8, 4) is 5.75 Å². The molecule has 4 rings (SSSR count). The maximum atomic E-state index is 12.3. The molecule has 0 aliphatic heterocycles. The van der Waals surface area contributed by atoms with Gasteiger partial charge in [0.05, 0.1) is 10.9 Å². The fourth-order valence-corrected chi connectivity index (χ4v) is 4.09. The summed E-state index contributed by atoms with van der Waals surface area (Å²) in [5.74, 6) is -0.0159. The number of aryl methyl sites for hydroxylation is 1. The molecule has 2 aliphatic rings. The Kier molecular flexibility index (Phi) is 4.09. The van der Waals surface area contributed by atoms with E-state index in [4.69, 9.17) is 20.8 Å². The molecule has 0 amide bonds. The summed E-state index contributed by atoms with van der Waals surface area (Å²) in [5.41, 5.74) is 1.93. The van der Waals surface area contributed by atoms with E-state index in [2.05, 4.69) is 0 Å². The third kappa shape index (κ3) is 2.73. The van der Waals surface area contributed by atoms with Crippen LogP contribution in [0, 0.1) is 5.92 Å². The van der Waals surface area contributed by atoms with Gasteiger partial charge in [-0.1, -0.05) is 30.9 Å². The van der Waals surface area contributed by atoms with Gasteiger partial charge in [-0.25, -0.2) is 4.79 Å². The van der Waals surface area contributed by atoms with Crippen LogP contribution in [0.4, 0.5) is 0 Å². The molecule has 5 heteroatoms. The number of esters is 1. The zero-order valence-electron chi connectivity index (χ0n) is 13.4. The lowest BCUT2D eigenvalue weighted by Crippen LogP contribution is -2.22. The first-order valence-electron chi connectivity index (χ1n) is 8.63. The molecule has 0 radical (unpaired) electrons. The standard InChI is InChI=1S/C19H19ClO4/c20-15-9-14-12-7-4-8-13(12)19(22)23-16(14)10-17(15)24-18(21)11-5-2-1-3-6-11/h9-11H,1-8H2. The number of rotatable bonds is 2. The summed E-state index contributed by atoms with van der Waals surface area (Å²) in [6.45, 7) is 0. The number of hydrogen-bond donors (Lipinski definition) is 0. The Labute approximate surface area is 144 Å². The van der Waals surface area contributed by atoms with E-state index in [0.29, 0.717) is 10.6 Å². The molecule has 1 saturated carbocycles. The van der Waals surface area contributed by atoms with Gasteiger partial charge in [0.2, 0.25) is 0 Å². The summed E-state index contributed by atoms with van der Waals surface area (Å²) in [4.78, 5) is 24.4. The average molecular weight is 347 g/mol. The lowest BCUT2D eigenvalue weighted by Gasteiger charge is -2.20. The van der Waals surface area contributed by atoms with E-state index in [-0.39, 0.29) is 23.3 Å². The second kappa shape index (κ2) is 6.25. The van der Waals surface area contributed by atoms with E-state index < -0.39 is 0 Å². The molecule has 0 saturated heterocycles. The van der Waals surface area contributed by atoms with Gasteiger partial charge in [-0.2, -0.15) is 0 Å². The quantitative estimate of drug-likeness (QED) is 0.459. The second-order valence-electron chi connectivity index (χ2n) is 6.74. The number of carbonyl (C=O) groups excluding carboxylic acids is 1. The Morgan fingerprint density at radius 1 is 1.08 bits per heavy atom. The van der Waals surface area contributed by atoms with Crippen molar-refractivity contribution in [1.82, 2.24) is 0 Å². The first-order valence-corrected chi connectivity index (χ1v) is 9.01. The molecule has 24 heavy (non-hydrogen) atoms. The Balaban J connectivity index is 1.69. The summed E-state index contributed by atoms with van der Waals surface area (Å²) in [6, 6.07) is 3.34. The van der Waals surface area contributed by atoms with Crippen molar-refractivity contribution in [3.05, 3.63) is 38.7 Å². The molecule has 0 spiro atoms. The fourth-order valence-electron chi connectivity index (χ4n) is 3.89. The van der Waals surface area contributed by atoms with Crippen LogP contribution < -0.4 is 10.4 Å². The van der Waals surface area contributed by atoms with Crippen LogP contribution in [-0.2, 0) is 17.6 Å². The molecule has 0 unspecified atom stereocenters. The van der Waals surface area contributed by atoms with Gasteiger partial charge < -0.3 is 9.15 Å². The van der Waals surface area contributed by atoms with Crippen LogP contribution in [0.25, 0.3) is 11.0 Å². The number of hydrogen-bond acceptors (Lipinski definition) is 4. The maximum Gasteiger partial charge on any atom is 0.339 e. The molecule has 126 valence electrons. The Hall–Kier alpha value is -1.81. The van der Waals surface area contributed by atoms with Gasteiger partial charge in [-0.15, -0.1) is 0 Å². The van der Waals surface area contributed by atoms with Crippen molar-refractivity contribution < 1.29 is 13.9 Å². The molecule has 2 aliphatic carbocycles. The minimum absolute atomic E-state index is 0.0578. The molecule has 4 nitrogen and oxygen atoms in total. The van der Waals surface area contributed by atoms with Gasteiger partial charge in [-0.3, -0.25) is 4.79 Å². The summed E-state index contributed by atoms with van der Waals surface area (Å²) < 4.78 is 10.9. The van der Waals surface area contributed by atoms with E-state index in [9.17, 15) is 9.59 Å². The largest absolute Gasteiger partial charge is 0.425 e. The zero-order chi connectivity index (χ0) is 16.7. The number of ether oxygens (including phenoxy) is 1. The number of fused-ring (bicyclic) bond motifs is 3. The average Bonchev–Trinajstić information content (AvgIpc) is 3.08. The monoisotopic (exact) mass is 346 g/mol. The minimum Gasteiger partial charge on any atom is -0.425 e. The summed E-state index contributed by atoms with van der Waals surface area (Å²) >= 11 is 6.33. The smallest absolute Gasteiger partial charge is 0.339 e. The molecular formula is C19H19ClO4. The third-order valence-corrected chi connectivity index (χ3v) is 5.47. The number of halogens is 1. The van der Waals surface area contributed by atoms with Gasteiger partial charge in [0.15, 0.2) is 5.75 Å². The van der Waals surface area contributed by atoms with E-state index in [1.54, 1.807) is 12.1 Å². The predicted octanol–water partition coefficient (Wildman–Crippen LogP) is 4.42. The maximum absolute atomic E-state index is 12.3.